The second-order valence-electron chi connectivity index (χ2n) is 3.35. The molecule has 3 N–H and O–H groups in total. The number of rotatable bonds is 3. The Hall–Kier alpha value is -2.04. The van der Waals surface area contributed by atoms with Crippen LogP contribution >= 0.6 is 0 Å². The van der Waals surface area contributed by atoms with E-state index in [0.717, 1.165) is 11.1 Å². The van der Waals surface area contributed by atoms with Crippen molar-refractivity contribution in [1.29, 1.82) is 0 Å². The quantitative estimate of drug-likeness (QED) is 0.696. The first-order chi connectivity index (χ1) is 7.16. The van der Waals surface area contributed by atoms with Gasteiger partial charge in [-0.2, -0.15) is 0 Å². The van der Waals surface area contributed by atoms with Crippen molar-refractivity contribution in [2.45, 2.75) is 12.8 Å². The van der Waals surface area contributed by atoms with Crippen molar-refractivity contribution >= 4 is 16.9 Å². The van der Waals surface area contributed by atoms with E-state index in [0.29, 0.717) is 11.8 Å². The number of aryl methyl sites for hydroxylation is 1. The summed E-state index contributed by atoms with van der Waals surface area (Å²) in [5, 5.41) is 14.3. The average molecular weight is 206 g/mol. The molecule has 0 radical (unpaired) electrons. The summed E-state index contributed by atoms with van der Waals surface area (Å²) in [4.78, 5) is 21.6. The Morgan fingerprint density at radius 2 is 2.13 bits per heavy atom. The molecule has 0 unspecified atom stereocenters. The molecule has 0 fully saturated rings. The van der Waals surface area contributed by atoms with Crippen LogP contribution in [0.15, 0.2) is 23.0 Å². The summed E-state index contributed by atoms with van der Waals surface area (Å²) in [5.41, 5.74) is 1.41. The fourth-order valence-electron chi connectivity index (χ4n) is 1.49. The number of hydrogen-bond donors (Lipinski definition) is 3. The van der Waals surface area contributed by atoms with Gasteiger partial charge in [-0.05, 0) is 24.1 Å². The summed E-state index contributed by atoms with van der Waals surface area (Å²) in [5.74, 6) is -0.835. The molecule has 0 aliphatic heterocycles. The van der Waals surface area contributed by atoms with Gasteiger partial charge in [-0.15, -0.1) is 0 Å². The number of benzene rings is 1. The number of aromatic amines is 2. The Balaban J connectivity index is 2.33. The summed E-state index contributed by atoms with van der Waals surface area (Å²) in [7, 11) is 0. The van der Waals surface area contributed by atoms with Gasteiger partial charge in [0.1, 0.15) is 0 Å². The van der Waals surface area contributed by atoms with E-state index in [9.17, 15) is 9.59 Å². The summed E-state index contributed by atoms with van der Waals surface area (Å²) in [6.07, 6.45) is 0.518. The largest absolute Gasteiger partial charge is 0.481 e. The highest BCUT2D eigenvalue weighted by Gasteiger charge is 2.03. The maximum absolute atomic E-state index is 11.3. The van der Waals surface area contributed by atoms with Gasteiger partial charge < -0.3 is 5.11 Å². The Morgan fingerprint density at radius 3 is 2.87 bits per heavy atom. The second kappa shape index (κ2) is 3.61. The average Bonchev–Trinajstić information content (AvgIpc) is 2.57. The zero-order valence-corrected chi connectivity index (χ0v) is 7.91. The van der Waals surface area contributed by atoms with Gasteiger partial charge in [-0.25, -0.2) is 0 Å². The zero-order chi connectivity index (χ0) is 10.8. The van der Waals surface area contributed by atoms with E-state index >= 15 is 0 Å². The van der Waals surface area contributed by atoms with Crippen LogP contribution in [0.5, 0.6) is 0 Å². The maximum atomic E-state index is 11.3. The number of hydrogen-bond acceptors (Lipinski definition) is 2. The molecule has 0 aliphatic rings. The standard InChI is InChI=1S/C10H10N2O3/c13-9(14)4-2-6-1-3-8-7(5-6)10(15)12-11-8/h1,3,5H,2,4H2,(H,13,14)(H2,11,12,15). The van der Waals surface area contributed by atoms with Gasteiger partial charge in [0, 0.05) is 6.42 Å². The van der Waals surface area contributed by atoms with Gasteiger partial charge in [0.2, 0.25) is 0 Å². The third-order valence-corrected chi connectivity index (χ3v) is 2.27. The first-order valence-electron chi connectivity index (χ1n) is 4.58. The molecule has 2 aromatic rings. The minimum Gasteiger partial charge on any atom is -0.481 e. The minimum atomic E-state index is -0.835. The molecule has 0 saturated carbocycles. The molecule has 0 amide bonds. The fourth-order valence-corrected chi connectivity index (χ4v) is 1.49. The molecule has 1 aromatic heterocycles. The molecule has 0 aliphatic carbocycles. The lowest BCUT2D eigenvalue weighted by molar-refractivity contribution is -0.136. The van der Waals surface area contributed by atoms with E-state index in [2.05, 4.69) is 10.2 Å². The zero-order valence-electron chi connectivity index (χ0n) is 7.91. The van der Waals surface area contributed by atoms with Crippen LogP contribution in [0.25, 0.3) is 10.9 Å². The lowest BCUT2D eigenvalue weighted by Gasteiger charge is -1.97. The van der Waals surface area contributed by atoms with Crippen LogP contribution in [0.4, 0.5) is 0 Å². The SMILES string of the molecule is O=C(O)CCc1ccc2[nH][nH]c(=O)c2c1. The van der Waals surface area contributed by atoms with Crippen molar-refractivity contribution < 1.29 is 9.90 Å². The lowest BCUT2D eigenvalue weighted by Crippen LogP contribution is -2.00. The van der Waals surface area contributed by atoms with Gasteiger partial charge in [0.25, 0.3) is 5.56 Å². The van der Waals surface area contributed by atoms with Crippen molar-refractivity contribution in [2.75, 3.05) is 0 Å². The molecule has 0 atom stereocenters. The van der Waals surface area contributed by atoms with E-state index in [-0.39, 0.29) is 12.0 Å². The highest BCUT2D eigenvalue weighted by atomic mass is 16.4. The van der Waals surface area contributed by atoms with Gasteiger partial charge in [0.05, 0.1) is 10.9 Å². The highest BCUT2D eigenvalue weighted by molar-refractivity contribution is 5.78. The Labute approximate surface area is 84.7 Å². The molecule has 0 saturated heterocycles. The molecule has 0 spiro atoms. The van der Waals surface area contributed by atoms with Crippen LogP contribution in [0.2, 0.25) is 0 Å². The first-order valence-corrected chi connectivity index (χ1v) is 4.58. The molecule has 1 heterocycles. The van der Waals surface area contributed by atoms with Crippen molar-refractivity contribution in [3.8, 4) is 0 Å². The third kappa shape index (κ3) is 1.90. The molecule has 5 nitrogen and oxygen atoms in total. The summed E-state index contributed by atoms with van der Waals surface area (Å²) >= 11 is 0. The van der Waals surface area contributed by atoms with Crippen LogP contribution in [0.1, 0.15) is 12.0 Å². The number of nitrogens with one attached hydrogen (secondary N) is 2. The molecular weight excluding hydrogens is 196 g/mol. The minimum absolute atomic E-state index is 0.0772. The monoisotopic (exact) mass is 206 g/mol. The molecule has 78 valence electrons. The van der Waals surface area contributed by atoms with E-state index in [1.807, 2.05) is 6.07 Å². The Bertz CT molecular complexity index is 553. The first kappa shape index (κ1) is 9.51. The van der Waals surface area contributed by atoms with Gasteiger partial charge in [-0.1, -0.05) is 6.07 Å². The number of H-pyrrole nitrogens is 2. The molecule has 1 aromatic carbocycles. The predicted molar refractivity (Wildman–Crippen MR) is 54.9 cm³/mol. The second-order valence-corrected chi connectivity index (χ2v) is 3.35. The van der Waals surface area contributed by atoms with Crippen molar-refractivity contribution in [3.63, 3.8) is 0 Å². The van der Waals surface area contributed by atoms with Crippen LogP contribution in [0.3, 0.4) is 0 Å². The van der Waals surface area contributed by atoms with Crippen LogP contribution in [-0.2, 0) is 11.2 Å². The summed E-state index contributed by atoms with van der Waals surface area (Å²) in [6.45, 7) is 0. The summed E-state index contributed by atoms with van der Waals surface area (Å²) < 4.78 is 0. The van der Waals surface area contributed by atoms with E-state index in [1.165, 1.54) is 0 Å². The summed E-state index contributed by atoms with van der Waals surface area (Å²) in [6, 6.07) is 5.30. The molecule has 15 heavy (non-hydrogen) atoms. The number of aromatic nitrogens is 2. The van der Waals surface area contributed by atoms with E-state index in [1.54, 1.807) is 12.1 Å². The lowest BCUT2D eigenvalue weighted by atomic mass is 10.1. The van der Waals surface area contributed by atoms with Gasteiger partial charge in [-0.3, -0.25) is 19.8 Å². The maximum Gasteiger partial charge on any atom is 0.303 e. The Kier molecular flexibility index (Phi) is 2.29. The molecule has 2 rings (SSSR count). The van der Waals surface area contributed by atoms with Gasteiger partial charge in [0.15, 0.2) is 0 Å². The number of carbonyl (C=O) groups is 1. The van der Waals surface area contributed by atoms with Gasteiger partial charge >= 0.3 is 5.97 Å². The number of carboxylic acids is 1. The number of fused-ring (bicyclic) bond motifs is 1. The van der Waals surface area contributed by atoms with Crippen LogP contribution < -0.4 is 5.56 Å². The fraction of sp³-hybridized carbons (Fsp3) is 0.200. The molecular formula is C10H10N2O3. The number of aliphatic carboxylic acids is 1. The number of carboxylic acid groups (broad SMARTS) is 1. The molecule has 5 heteroatoms. The van der Waals surface area contributed by atoms with Crippen molar-refractivity contribution in [3.05, 3.63) is 34.1 Å². The smallest absolute Gasteiger partial charge is 0.303 e. The molecule has 0 bridgehead atoms. The van der Waals surface area contributed by atoms with Crippen LogP contribution in [0, 0.1) is 0 Å². The van der Waals surface area contributed by atoms with Crippen molar-refractivity contribution in [2.24, 2.45) is 0 Å². The van der Waals surface area contributed by atoms with E-state index in [4.69, 9.17) is 5.11 Å². The predicted octanol–water partition coefficient (Wildman–Crippen LogP) is 0.873. The van der Waals surface area contributed by atoms with E-state index < -0.39 is 5.97 Å². The van der Waals surface area contributed by atoms with Crippen molar-refractivity contribution in [1.82, 2.24) is 10.2 Å². The topological polar surface area (TPSA) is 85.9 Å². The normalized spacial score (nSPS) is 10.7. The highest BCUT2D eigenvalue weighted by Crippen LogP contribution is 2.11. The van der Waals surface area contributed by atoms with Crippen LogP contribution in [-0.4, -0.2) is 21.3 Å². The Morgan fingerprint density at radius 1 is 1.33 bits per heavy atom. The third-order valence-electron chi connectivity index (χ3n) is 2.27.